The van der Waals surface area contributed by atoms with E-state index in [1.165, 1.54) is 25.8 Å². The lowest BCUT2D eigenvalue weighted by molar-refractivity contribution is 0.258. The molecule has 0 bridgehead atoms. The van der Waals surface area contributed by atoms with Gasteiger partial charge in [-0.3, -0.25) is 5.41 Å². The molecule has 2 heterocycles. The monoisotopic (exact) mass is 181 g/mol. The van der Waals surface area contributed by atoms with Crippen molar-refractivity contribution < 1.29 is 0 Å². The summed E-state index contributed by atoms with van der Waals surface area (Å²) in [6.45, 7) is 3.45. The molecule has 74 valence electrons. The summed E-state index contributed by atoms with van der Waals surface area (Å²) >= 11 is 0. The molecule has 3 heteroatoms. The highest BCUT2D eigenvalue weighted by Crippen LogP contribution is 2.18. The van der Waals surface area contributed by atoms with Crippen LogP contribution < -0.4 is 0 Å². The Morgan fingerprint density at radius 3 is 2.77 bits per heavy atom. The van der Waals surface area contributed by atoms with Crippen molar-refractivity contribution in [2.24, 2.45) is 0 Å². The predicted octanol–water partition coefficient (Wildman–Crippen LogP) is 1.15. The van der Waals surface area contributed by atoms with Crippen LogP contribution in [0.2, 0.25) is 0 Å². The first-order valence-electron chi connectivity index (χ1n) is 5.30. The van der Waals surface area contributed by atoms with E-state index in [1.54, 1.807) is 0 Å². The van der Waals surface area contributed by atoms with E-state index in [2.05, 4.69) is 16.8 Å². The summed E-state index contributed by atoms with van der Waals surface area (Å²) in [6.07, 6.45) is 4.84. The Morgan fingerprint density at radius 1 is 1.38 bits per heavy atom. The number of rotatable bonds is 2. The third kappa shape index (κ3) is 1.85. The fourth-order valence-corrected chi connectivity index (χ4v) is 2.40. The molecule has 0 aromatic rings. The smallest absolute Gasteiger partial charge is 0.0958 e. The Bertz CT molecular complexity index is 202. The lowest BCUT2D eigenvalue weighted by Crippen LogP contribution is -2.38. The molecule has 13 heavy (non-hydrogen) atoms. The van der Waals surface area contributed by atoms with Gasteiger partial charge in [-0.1, -0.05) is 0 Å². The molecule has 2 aliphatic rings. The number of hydrogen-bond donors (Lipinski definition) is 1. The average molecular weight is 181 g/mol. The maximum Gasteiger partial charge on any atom is 0.0958 e. The van der Waals surface area contributed by atoms with Crippen LogP contribution in [0, 0.1) is 5.41 Å². The Balaban J connectivity index is 1.86. The van der Waals surface area contributed by atoms with Gasteiger partial charge in [0.05, 0.1) is 5.84 Å². The lowest BCUT2D eigenvalue weighted by Gasteiger charge is -2.26. The molecule has 2 saturated heterocycles. The number of likely N-dealkylation sites (N-methyl/N-ethyl adjacent to an activating group) is 1. The molecular weight excluding hydrogens is 162 g/mol. The van der Waals surface area contributed by atoms with Crippen LogP contribution in [-0.2, 0) is 0 Å². The van der Waals surface area contributed by atoms with Gasteiger partial charge in [0.25, 0.3) is 0 Å². The largest absolute Gasteiger partial charge is 0.359 e. The molecule has 0 amide bonds. The zero-order chi connectivity index (χ0) is 9.26. The third-order valence-electron chi connectivity index (χ3n) is 3.33. The summed E-state index contributed by atoms with van der Waals surface area (Å²) in [7, 11) is 2.21. The number of nitrogens with one attached hydrogen (secondary N) is 1. The van der Waals surface area contributed by atoms with E-state index >= 15 is 0 Å². The molecule has 2 aliphatic heterocycles. The van der Waals surface area contributed by atoms with Gasteiger partial charge < -0.3 is 9.80 Å². The lowest BCUT2D eigenvalue weighted by atomic mass is 10.2. The van der Waals surface area contributed by atoms with Gasteiger partial charge in [0.2, 0.25) is 0 Å². The van der Waals surface area contributed by atoms with E-state index < -0.39 is 0 Å². The highest BCUT2D eigenvalue weighted by atomic mass is 15.2. The minimum atomic E-state index is 0.707. The highest BCUT2D eigenvalue weighted by molar-refractivity contribution is 5.80. The molecule has 0 aromatic heterocycles. The van der Waals surface area contributed by atoms with Crippen molar-refractivity contribution in [2.45, 2.75) is 31.7 Å². The van der Waals surface area contributed by atoms with Crippen LogP contribution in [0.25, 0.3) is 0 Å². The molecule has 3 nitrogen and oxygen atoms in total. The normalized spacial score (nSPS) is 30.4. The second-order valence-electron chi connectivity index (χ2n) is 4.27. The first-order valence-corrected chi connectivity index (χ1v) is 5.30. The van der Waals surface area contributed by atoms with Crippen LogP contribution in [0.4, 0.5) is 0 Å². The molecule has 2 fully saturated rings. The van der Waals surface area contributed by atoms with Gasteiger partial charge in [-0.15, -0.1) is 0 Å². The molecule has 0 aromatic carbocycles. The SMILES string of the molecule is CN1CCCC1CN1CCCC1=N. The molecule has 0 saturated carbocycles. The first-order chi connectivity index (χ1) is 6.27. The first kappa shape index (κ1) is 9.00. The Hall–Kier alpha value is -0.570. The highest BCUT2D eigenvalue weighted by Gasteiger charge is 2.26. The number of nitrogens with zero attached hydrogens (tertiary/aromatic N) is 2. The maximum atomic E-state index is 7.74. The second kappa shape index (κ2) is 3.66. The maximum absolute atomic E-state index is 7.74. The number of amidine groups is 1. The van der Waals surface area contributed by atoms with Crippen LogP contribution in [0.5, 0.6) is 0 Å². The van der Waals surface area contributed by atoms with Gasteiger partial charge in [-0.2, -0.15) is 0 Å². The molecule has 2 rings (SSSR count). The van der Waals surface area contributed by atoms with Crippen molar-refractivity contribution >= 4 is 5.84 Å². The van der Waals surface area contributed by atoms with Crippen molar-refractivity contribution in [1.82, 2.24) is 9.80 Å². The molecule has 1 unspecified atom stereocenters. The Morgan fingerprint density at radius 2 is 2.23 bits per heavy atom. The number of hydrogen-bond acceptors (Lipinski definition) is 2. The molecular formula is C10H19N3. The van der Waals surface area contributed by atoms with Crippen molar-refractivity contribution in [3.8, 4) is 0 Å². The summed E-state index contributed by atoms with van der Waals surface area (Å²) in [5.74, 6) is 0.861. The zero-order valence-corrected chi connectivity index (χ0v) is 8.42. The fourth-order valence-electron chi connectivity index (χ4n) is 2.40. The van der Waals surface area contributed by atoms with Crippen molar-refractivity contribution in [1.29, 1.82) is 5.41 Å². The minimum Gasteiger partial charge on any atom is -0.359 e. The summed E-state index contributed by atoms with van der Waals surface area (Å²) in [6, 6.07) is 0.707. The molecule has 1 N–H and O–H groups in total. The van der Waals surface area contributed by atoms with E-state index in [-0.39, 0.29) is 0 Å². The quantitative estimate of drug-likeness (QED) is 0.692. The van der Waals surface area contributed by atoms with Crippen LogP contribution >= 0.6 is 0 Å². The van der Waals surface area contributed by atoms with Gasteiger partial charge >= 0.3 is 0 Å². The topological polar surface area (TPSA) is 30.3 Å². The summed E-state index contributed by atoms with van der Waals surface area (Å²) in [5.41, 5.74) is 0. The second-order valence-corrected chi connectivity index (χ2v) is 4.27. The zero-order valence-electron chi connectivity index (χ0n) is 8.42. The predicted molar refractivity (Wildman–Crippen MR) is 54.2 cm³/mol. The molecule has 0 spiro atoms. The van der Waals surface area contributed by atoms with Crippen LogP contribution in [0.1, 0.15) is 25.7 Å². The average Bonchev–Trinajstić information content (AvgIpc) is 2.65. The van der Waals surface area contributed by atoms with Crippen LogP contribution in [0.3, 0.4) is 0 Å². The summed E-state index contributed by atoms with van der Waals surface area (Å²) in [5, 5.41) is 7.74. The van der Waals surface area contributed by atoms with Gasteiger partial charge in [0.1, 0.15) is 0 Å². The van der Waals surface area contributed by atoms with E-state index in [9.17, 15) is 0 Å². The van der Waals surface area contributed by atoms with E-state index in [1.807, 2.05) is 0 Å². The van der Waals surface area contributed by atoms with Gasteiger partial charge in [-0.05, 0) is 32.9 Å². The van der Waals surface area contributed by atoms with Gasteiger partial charge in [0, 0.05) is 25.6 Å². The standard InChI is InChI=1S/C10H19N3/c1-12-6-2-4-9(12)8-13-7-3-5-10(13)11/h9,11H,2-8H2,1H3. The van der Waals surface area contributed by atoms with Crippen LogP contribution in [0.15, 0.2) is 0 Å². The van der Waals surface area contributed by atoms with Crippen molar-refractivity contribution in [3.63, 3.8) is 0 Å². The van der Waals surface area contributed by atoms with E-state index in [0.717, 1.165) is 25.3 Å². The van der Waals surface area contributed by atoms with Gasteiger partial charge in [-0.25, -0.2) is 0 Å². The summed E-state index contributed by atoms with van der Waals surface area (Å²) in [4.78, 5) is 4.69. The molecule has 0 radical (unpaired) electrons. The van der Waals surface area contributed by atoms with Gasteiger partial charge in [0.15, 0.2) is 0 Å². The molecule has 0 aliphatic carbocycles. The number of likely N-dealkylation sites (tertiary alicyclic amines) is 2. The van der Waals surface area contributed by atoms with Crippen molar-refractivity contribution in [2.75, 3.05) is 26.7 Å². The minimum absolute atomic E-state index is 0.707. The van der Waals surface area contributed by atoms with Crippen LogP contribution in [-0.4, -0.2) is 48.4 Å². The third-order valence-corrected chi connectivity index (χ3v) is 3.33. The van der Waals surface area contributed by atoms with E-state index in [0.29, 0.717) is 6.04 Å². The Labute approximate surface area is 80.2 Å². The fraction of sp³-hybridized carbons (Fsp3) is 0.900. The van der Waals surface area contributed by atoms with E-state index in [4.69, 9.17) is 5.41 Å². The molecule has 1 atom stereocenters. The Kier molecular flexibility index (Phi) is 2.54. The van der Waals surface area contributed by atoms with Crippen molar-refractivity contribution in [3.05, 3.63) is 0 Å². The summed E-state index contributed by atoms with van der Waals surface area (Å²) < 4.78 is 0.